The van der Waals surface area contributed by atoms with Crippen LogP contribution < -0.4 is 4.72 Å². The minimum atomic E-state index is 0.944. The van der Waals surface area contributed by atoms with Crippen LogP contribution in [0.3, 0.4) is 0 Å². The minimum Gasteiger partial charge on any atom is -0.264 e. The normalized spacial score (nSPS) is 29.1. The third-order valence-corrected chi connectivity index (χ3v) is 4.47. The summed E-state index contributed by atoms with van der Waals surface area (Å²) in [6, 6.07) is 0. The van der Waals surface area contributed by atoms with Crippen LogP contribution in [0.1, 0.15) is 58.8 Å². The molecule has 14 heavy (non-hydrogen) atoms. The third kappa shape index (κ3) is 3.82. The Labute approximate surface area is 93.6 Å². The topological polar surface area (TPSA) is 12.0 Å². The van der Waals surface area contributed by atoms with Gasteiger partial charge in [-0.3, -0.25) is 4.72 Å². The van der Waals surface area contributed by atoms with E-state index >= 15 is 0 Å². The molecule has 0 bridgehead atoms. The van der Waals surface area contributed by atoms with Crippen LogP contribution in [0.5, 0.6) is 0 Å². The first kappa shape index (κ1) is 12.4. The van der Waals surface area contributed by atoms with Gasteiger partial charge in [0.25, 0.3) is 0 Å². The maximum Gasteiger partial charge on any atom is 0.0221 e. The summed E-state index contributed by atoms with van der Waals surface area (Å²) in [5.74, 6) is 1.04. The van der Waals surface area contributed by atoms with Crippen molar-refractivity contribution in [2.45, 2.75) is 64.0 Å². The molecule has 1 atom stereocenters. The Morgan fingerprint density at radius 1 is 0.929 bits per heavy atom. The summed E-state index contributed by atoms with van der Waals surface area (Å²) in [6.45, 7) is 5.23. The largest absolute Gasteiger partial charge is 0.264 e. The molecule has 1 N–H and O–H groups in total. The molecule has 2 rings (SSSR count). The summed E-state index contributed by atoms with van der Waals surface area (Å²) in [7, 11) is 0. The molecule has 2 heteroatoms. The first-order chi connectivity index (χ1) is 6.97. The van der Waals surface area contributed by atoms with E-state index in [0.29, 0.717) is 0 Å². The Morgan fingerprint density at radius 2 is 1.64 bits per heavy atom. The van der Waals surface area contributed by atoms with Crippen LogP contribution in [-0.2, 0) is 0 Å². The van der Waals surface area contributed by atoms with Gasteiger partial charge in [0.1, 0.15) is 0 Å². The van der Waals surface area contributed by atoms with Crippen molar-refractivity contribution in [1.82, 2.24) is 4.72 Å². The summed E-state index contributed by atoms with van der Waals surface area (Å²) in [5, 5.41) is 0.944. The molecular weight excluding hydrogens is 190 g/mol. The average Bonchev–Trinajstić information content (AvgIpc) is 2.34. The average molecular weight is 215 g/mol. The lowest BCUT2D eigenvalue weighted by molar-refractivity contribution is 0.334. The maximum atomic E-state index is 3.45. The van der Waals surface area contributed by atoms with E-state index in [1.54, 1.807) is 0 Å². The van der Waals surface area contributed by atoms with Gasteiger partial charge in [-0.25, -0.2) is 0 Å². The van der Waals surface area contributed by atoms with Crippen molar-refractivity contribution >= 4 is 11.9 Å². The Morgan fingerprint density at radius 3 is 2.21 bits per heavy atom. The van der Waals surface area contributed by atoms with E-state index in [2.05, 4.69) is 4.72 Å². The highest BCUT2D eigenvalue weighted by Gasteiger charge is 2.25. The van der Waals surface area contributed by atoms with Gasteiger partial charge in [0.15, 0.2) is 0 Å². The molecule has 1 saturated heterocycles. The quantitative estimate of drug-likeness (QED) is 0.664. The molecule has 1 aliphatic carbocycles. The van der Waals surface area contributed by atoms with E-state index < -0.39 is 0 Å². The second kappa shape index (κ2) is 7.58. The van der Waals surface area contributed by atoms with E-state index in [0.717, 1.165) is 11.2 Å². The number of rotatable bonds is 1. The lowest BCUT2D eigenvalue weighted by Crippen LogP contribution is -2.28. The van der Waals surface area contributed by atoms with Crippen LogP contribution in [-0.4, -0.2) is 11.8 Å². The maximum absolute atomic E-state index is 3.45. The lowest BCUT2D eigenvalue weighted by atomic mass is 9.85. The van der Waals surface area contributed by atoms with Gasteiger partial charge in [0.05, 0.1) is 0 Å². The standard InChI is InChI=1S/C10H19NS.C2H6/c1-2-5-9(6-3-1)10-7-4-8-11-12-10;1-2/h9-11H,1-8H2;1-2H3. The van der Waals surface area contributed by atoms with Crippen molar-refractivity contribution in [3.63, 3.8) is 0 Å². The molecule has 1 saturated carbocycles. The Balaban J connectivity index is 0.000000461. The molecule has 0 radical (unpaired) electrons. The van der Waals surface area contributed by atoms with Crippen molar-refractivity contribution in [3.8, 4) is 0 Å². The van der Waals surface area contributed by atoms with Gasteiger partial charge < -0.3 is 0 Å². The third-order valence-electron chi connectivity index (χ3n) is 3.18. The Kier molecular flexibility index (Phi) is 6.70. The number of hydrogen-bond donors (Lipinski definition) is 1. The second-order valence-corrected chi connectivity index (χ2v) is 5.22. The number of nitrogens with one attached hydrogen (secondary N) is 1. The van der Waals surface area contributed by atoms with Crippen LogP contribution in [0.25, 0.3) is 0 Å². The van der Waals surface area contributed by atoms with E-state index in [1.807, 2.05) is 25.8 Å². The molecule has 2 fully saturated rings. The van der Waals surface area contributed by atoms with E-state index in [4.69, 9.17) is 0 Å². The van der Waals surface area contributed by atoms with Crippen LogP contribution in [0, 0.1) is 5.92 Å². The van der Waals surface area contributed by atoms with Crippen molar-refractivity contribution in [2.75, 3.05) is 6.54 Å². The molecule has 1 unspecified atom stereocenters. The van der Waals surface area contributed by atoms with Crippen LogP contribution in [0.4, 0.5) is 0 Å². The fourth-order valence-electron chi connectivity index (χ4n) is 2.44. The van der Waals surface area contributed by atoms with Gasteiger partial charge in [-0.15, -0.1) is 0 Å². The predicted octanol–water partition coefficient (Wildman–Crippen LogP) is 3.99. The first-order valence-corrected chi connectivity index (χ1v) is 7.23. The molecule has 0 aromatic carbocycles. The monoisotopic (exact) mass is 215 g/mol. The Bertz CT molecular complexity index is 110. The summed E-state index contributed by atoms with van der Waals surface area (Å²) in [4.78, 5) is 0. The Hall–Kier alpha value is 0.310. The smallest absolute Gasteiger partial charge is 0.0221 e. The molecule has 2 aliphatic rings. The molecule has 0 aromatic heterocycles. The van der Waals surface area contributed by atoms with Gasteiger partial charge in [0, 0.05) is 11.8 Å². The zero-order chi connectivity index (χ0) is 10.2. The van der Waals surface area contributed by atoms with E-state index in [1.165, 1.54) is 51.5 Å². The van der Waals surface area contributed by atoms with Gasteiger partial charge in [-0.05, 0) is 31.6 Å². The highest BCUT2D eigenvalue weighted by molar-refractivity contribution is 7.98. The van der Waals surface area contributed by atoms with Crippen LogP contribution in [0.15, 0.2) is 0 Å². The fourth-order valence-corrected chi connectivity index (χ4v) is 3.66. The van der Waals surface area contributed by atoms with E-state index in [9.17, 15) is 0 Å². The molecule has 0 amide bonds. The van der Waals surface area contributed by atoms with Gasteiger partial charge in [0.2, 0.25) is 0 Å². The molecule has 1 nitrogen and oxygen atoms in total. The first-order valence-electron chi connectivity index (χ1n) is 6.35. The molecule has 0 spiro atoms. The summed E-state index contributed by atoms with van der Waals surface area (Å²) < 4.78 is 3.45. The van der Waals surface area contributed by atoms with Crippen molar-refractivity contribution < 1.29 is 0 Å². The van der Waals surface area contributed by atoms with Crippen molar-refractivity contribution in [3.05, 3.63) is 0 Å². The SMILES string of the molecule is C1CCC(C2CCCNS2)CC1.CC. The molecule has 84 valence electrons. The zero-order valence-electron chi connectivity index (χ0n) is 9.72. The van der Waals surface area contributed by atoms with Gasteiger partial charge in [-0.1, -0.05) is 45.1 Å². The molecule has 0 aromatic rings. The summed E-state index contributed by atoms with van der Waals surface area (Å²) in [6.07, 6.45) is 10.3. The van der Waals surface area contributed by atoms with E-state index in [-0.39, 0.29) is 0 Å². The van der Waals surface area contributed by atoms with Crippen molar-refractivity contribution in [2.24, 2.45) is 5.92 Å². The molecule has 1 heterocycles. The van der Waals surface area contributed by atoms with Crippen LogP contribution in [0.2, 0.25) is 0 Å². The lowest BCUT2D eigenvalue weighted by Gasteiger charge is -2.32. The zero-order valence-corrected chi connectivity index (χ0v) is 10.5. The van der Waals surface area contributed by atoms with Gasteiger partial charge in [-0.2, -0.15) is 0 Å². The van der Waals surface area contributed by atoms with Gasteiger partial charge >= 0.3 is 0 Å². The van der Waals surface area contributed by atoms with Crippen LogP contribution >= 0.6 is 11.9 Å². The second-order valence-electron chi connectivity index (χ2n) is 4.09. The highest BCUT2D eigenvalue weighted by atomic mass is 32.2. The fraction of sp³-hybridized carbons (Fsp3) is 1.00. The molecular formula is C12H25NS. The highest BCUT2D eigenvalue weighted by Crippen LogP contribution is 2.35. The minimum absolute atomic E-state index is 0.944. The number of hydrogen-bond acceptors (Lipinski definition) is 2. The molecule has 1 aliphatic heterocycles. The summed E-state index contributed by atoms with van der Waals surface area (Å²) in [5.41, 5.74) is 0. The summed E-state index contributed by atoms with van der Waals surface area (Å²) >= 11 is 2.02. The van der Waals surface area contributed by atoms with Crippen molar-refractivity contribution in [1.29, 1.82) is 0 Å². The predicted molar refractivity (Wildman–Crippen MR) is 66.5 cm³/mol.